The molecule has 0 unspecified atom stereocenters. The molecule has 1 aromatic heterocycles. The second kappa shape index (κ2) is 8.09. The summed E-state index contributed by atoms with van der Waals surface area (Å²) in [5.74, 6) is 1.61. The highest BCUT2D eigenvalue weighted by Gasteiger charge is 2.06. The lowest BCUT2D eigenvalue weighted by Crippen LogP contribution is -2.24. The average molecular weight is 287 g/mol. The Morgan fingerprint density at radius 1 is 1.43 bits per heavy atom. The van der Waals surface area contributed by atoms with E-state index in [-0.39, 0.29) is 5.91 Å². The highest BCUT2D eigenvalue weighted by Crippen LogP contribution is 2.13. The van der Waals surface area contributed by atoms with Gasteiger partial charge in [0.05, 0.1) is 6.61 Å². The number of H-pyrrole nitrogens is 1. The fraction of sp³-hybridized carbons (Fsp3) is 0.375. The molecular formula is C16H21N3O2. The van der Waals surface area contributed by atoms with E-state index in [1.807, 2.05) is 12.1 Å². The van der Waals surface area contributed by atoms with E-state index in [1.165, 1.54) is 0 Å². The zero-order chi connectivity index (χ0) is 14.9. The number of aromatic amines is 1. The van der Waals surface area contributed by atoms with Crippen LogP contribution in [0.3, 0.4) is 0 Å². The van der Waals surface area contributed by atoms with Crippen molar-refractivity contribution in [1.82, 2.24) is 15.3 Å². The average Bonchev–Trinajstić information content (AvgIpc) is 3.03. The number of imidazole rings is 1. The lowest BCUT2D eigenvalue weighted by molar-refractivity contribution is 0.0952. The van der Waals surface area contributed by atoms with E-state index in [0.29, 0.717) is 18.7 Å². The number of hydrogen-bond donors (Lipinski definition) is 2. The quantitative estimate of drug-likeness (QED) is 0.733. The number of nitrogens with one attached hydrogen (secondary N) is 2. The van der Waals surface area contributed by atoms with Crippen molar-refractivity contribution in [2.75, 3.05) is 13.2 Å². The number of carbonyl (C=O) groups is 1. The summed E-state index contributed by atoms with van der Waals surface area (Å²) in [4.78, 5) is 19.2. The molecule has 0 bridgehead atoms. The Labute approximate surface area is 124 Å². The van der Waals surface area contributed by atoms with Crippen molar-refractivity contribution in [3.05, 3.63) is 48.0 Å². The molecule has 1 aromatic carbocycles. The van der Waals surface area contributed by atoms with Gasteiger partial charge in [-0.05, 0) is 31.0 Å². The highest BCUT2D eigenvalue weighted by molar-refractivity contribution is 5.94. The Morgan fingerprint density at radius 2 is 2.33 bits per heavy atom. The second-order valence-corrected chi connectivity index (χ2v) is 4.77. The minimum atomic E-state index is -0.0728. The first-order valence-electron chi connectivity index (χ1n) is 7.29. The third kappa shape index (κ3) is 4.95. The number of carbonyl (C=O) groups excluding carboxylic acids is 1. The normalized spacial score (nSPS) is 10.3. The van der Waals surface area contributed by atoms with Gasteiger partial charge in [-0.1, -0.05) is 13.0 Å². The minimum Gasteiger partial charge on any atom is -0.494 e. The first kappa shape index (κ1) is 15.1. The number of amides is 1. The number of nitrogens with zero attached hydrogens (tertiary/aromatic N) is 1. The fourth-order valence-corrected chi connectivity index (χ4v) is 1.94. The maximum atomic E-state index is 12.0. The third-order valence-corrected chi connectivity index (χ3v) is 3.00. The minimum absolute atomic E-state index is 0.0728. The van der Waals surface area contributed by atoms with Crippen LogP contribution in [-0.4, -0.2) is 29.0 Å². The van der Waals surface area contributed by atoms with Crippen LogP contribution in [0.25, 0.3) is 0 Å². The second-order valence-electron chi connectivity index (χ2n) is 4.77. The van der Waals surface area contributed by atoms with Crippen LogP contribution >= 0.6 is 0 Å². The Balaban J connectivity index is 1.77. The van der Waals surface area contributed by atoms with Crippen molar-refractivity contribution in [1.29, 1.82) is 0 Å². The number of hydrogen-bond acceptors (Lipinski definition) is 3. The van der Waals surface area contributed by atoms with E-state index in [1.54, 1.807) is 24.5 Å². The molecule has 0 aliphatic rings. The molecule has 0 aliphatic heterocycles. The number of rotatable bonds is 8. The molecule has 2 N–H and O–H groups in total. The summed E-state index contributed by atoms with van der Waals surface area (Å²) in [7, 11) is 0. The largest absolute Gasteiger partial charge is 0.494 e. The zero-order valence-corrected chi connectivity index (χ0v) is 12.3. The van der Waals surface area contributed by atoms with Crippen molar-refractivity contribution in [3.63, 3.8) is 0 Å². The van der Waals surface area contributed by atoms with Crippen LogP contribution in [0.15, 0.2) is 36.7 Å². The van der Waals surface area contributed by atoms with Gasteiger partial charge in [-0.15, -0.1) is 0 Å². The van der Waals surface area contributed by atoms with Crippen LogP contribution in [0, 0.1) is 0 Å². The molecule has 0 saturated heterocycles. The van der Waals surface area contributed by atoms with Gasteiger partial charge in [0.25, 0.3) is 5.91 Å². The van der Waals surface area contributed by atoms with E-state index in [2.05, 4.69) is 22.2 Å². The van der Waals surface area contributed by atoms with E-state index in [9.17, 15) is 4.79 Å². The molecule has 5 heteroatoms. The van der Waals surface area contributed by atoms with Gasteiger partial charge in [0.2, 0.25) is 0 Å². The molecule has 112 valence electrons. The highest BCUT2D eigenvalue weighted by atomic mass is 16.5. The standard InChI is InChI=1S/C16H21N3O2/c1-2-11-21-14-6-3-5-13(12-14)16(20)19-8-4-7-15-17-9-10-18-15/h3,5-6,9-10,12H,2,4,7-8,11H2,1H3,(H,17,18)(H,19,20). The number of ether oxygens (including phenoxy) is 1. The van der Waals surface area contributed by atoms with Gasteiger partial charge < -0.3 is 15.0 Å². The summed E-state index contributed by atoms with van der Waals surface area (Å²) < 4.78 is 5.53. The predicted molar refractivity (Wildman–Crippen MR) is 81.5 cm³/mol. The van der Waals surface area contributed by atoms with Crippen LogP contribution in [0.5, 0.6) is 5.75 Å². The van der Waals surface area contributed by atoms with Crippen LogP contribution in [0.1, 0.15) is 35.9 Å². The fourth-order valence-electron chi connectivity index (χ4n) is 1.94. The first-order chi connectivity index (χ1) is 10.3. The number of aromatic nitrogens is 2. The van der Waals surface area contributed by atoms with E-state index in [4.69, 9.17) is 4.74 Å². The summed E-state index contributed by atoms with van der Waals surface area (Å²) in [5, 5.41) is 2.91. The van der Waals surface area contributed by atoms with Crippen LogP contribution in [-0.2, 0) is 6.42 Å². The Hall–Kier alpha value is -2.30. The van der Waals surface area contributed by atoms with E-state index < -0.39 is 0 Å². The molecule has 0 fully saturated rings. The van der Waals surface area contributed by atoms with Gasteiger partial charge in [-0.2, -0.15) is 0 Å². The number of benzene rings is 1. The maximum absolute atomic E-state index is 12.0. The van der Waals surface area contributed by atoms with Crippen LogP contribution in [0.4, 0.5) is 0 Å². The molecule has 2 rings (SSSR count). The van der Waals surface area contributed by atoms with Crippen LogP contribution in [0.2, 0.25) is 0 Å². The Bertz CT molecular complexity index is 552. The Kier molecular flexibility index (Phi) is 5.82. The van der Waals surface area contributed by atoms with Crippen molar-refractivity contribution in [2.24, 2.45) is 0 Å². The maximum Gasteiger partial charge on any atom is 0.251 e. The summed E-state index contributed by atoms with van der Waals surface area (Å²) in [5.41, 5.74) is 0.626. The van der Waals surface area contributed by atoms with Gasteiger partial charge in [0, 0.05) is 30.9 Å². The van der Waals surface area contributed by atoms with Crippen LogP contribution < -0.4 is 10.1 Å². The van der Waals surface area contributed by atoms with E-state index in [0.717, 1.165) is 30.8 Å². The molecule has 0 saturated carbocycles. The van der Waals surface area contributed by atoms with Crippen molar-refractivity contribution >= 4 is 5.91 Å². The van der Waals surface area contributed by atoms with Gasteiger partial charge in [0.15, 0.2) is 0 Å². The summed E-state index contributed by atoms with van der Waals surface area (Å²) in [6.45, 7) is 3.34. The van der Waals surface area contributed by atoms with Gasteiger partial charge in [-0.3, -0.25) is 4.79 Å². The smallest absolute Gasteiger partial charge is 0.251 e. The molecule has 0 atom stereocenters. The third-order valence-electron chi connectivity index (χ3n) is 3.00. The SMILES string of the molecule is CCCOc1cccc(C(=O)NCCCc2ncc[nH]2)c1. The predicted octanol–water partition coefficient (Wildman–Crippen LogP) is 2.56. The first-order valence-corrected chi connectivity index (χ1v) is 7.29. The summed E-state index contributed by atoms with van der Waals surface area (Å²) in [6.07, 6.45) is 6.16. The van der Waals surface area contributed by atoms with Gasteiger partial charge in [0.1, 0.15) is 11.6 Å². The monoisotopic (exact) mass is 287 g/mol. The molecule has 0 spiro atoms. The molecule has 5 nitrogen and oxygen atoms in total. The summed E-state index contributed by atoms with van der Waals surface area (Å²) in [6, 6.07) is 7.27. The van der Waals surface area contributed by atoms with Crippen molar-refractivity contribution in [3.8, 4) is 5.75 Å². The number of aryl methyl sites for hydroxylation is 1. The van der Waals surface area contributed by atoms with Gasteiger partial charge in [-0.25, -0.2) is 4.98 Å². The molecule has 0 aliphatic carbocycles. The van der Waals surface area contributed by atoms with E-state index >= 15 is 0 Å². The topological polar surface area (TPSA) is 67.0 Å². The lowest BCUT2D eigenvalue weighted by Gasteiger charge is -2.08. The van der Waals surface area contributed by atoms with Crippen molar-refractivity contribution < 1.29 is 9.53 Å². The molecule has 2 aromatic rings. The summed E-state index contributed by atoms with van der Waals surface area (Å²) >= 11 is 0. The van der Waals surface area contributed by atoms with Crippen molar-refractivity contribution in [2.45, 2.75) is 26.2 Å². The van der Waals surface area contributed by atoms with Gasteiger partial charge >= 0.3 is 0 Å². The Morgan fingerprint density at radius 3 is 3.10 bits per heavy atom. The zero-order valence-electron chi connectivity index (χ0n) is 12.3. The molecular weight excluding hydrogens is 266 g/mol. The molecule has 1 heterocycles. The molecule has 0 radical (unpaired) electrons. The molecule has 21 heavy (non-hydrogen) atoms. The molecule has 1 amide bonds. The lowest BCUT2D eigenvalue weighted by atomic mass is 10.2.